The van der Waals surface area contributed by atoms with Crippen LogP contribution in [0.2, 0.25) is 0 Å². The van der Waals surface area contributed by atoms with Crippen molar-refractivity contribution < 1.29 is 0 Å². The number of hydrogen-bond acceptors (Lipinski definition) is 2. The van der Waals surface area contributed by atoms with E-state index in [4.69, 9.17) is 0 Å². The zero-order valence-electron chi connectivity index (χ0n) is 13.3. The van der Waals surface area contributed by atoms with Gasteiger partial charge in [0, 0.05) is 19.5 Å². The first-order valence-corrected chi connectivity index (χ1v) is 8.90. The van der Waals surface area contributed by atoms with Gasteiger partial charge in [-0.3, -0.25) is 0 Å². The second-order valence-corrected chi connectivity index (χ2v) is 8.27. The Hall–Kier alpha value is -0.860. The molecule has 0 nitrogen and oxygen atoms in total. The SMILES string of the molecule is Cc1cc(C(C)C)sc1/C=C/c1sc(C(C)C)cc1C. The molecule has 0 spiro atoms. The lowest BCUT2D eigenvalue weighted by Gasteiger charge is -1.97. The van der Waals surface area contributed by atoms with E-state index in [0.29, 0.717) is 11.8 Å². The van der Waals surface area contributed by atoms with E-state index in [9.17, 15) is 0 Å². The smallest absolute Gasteiger partial charge is 0.0303 e. The zero-order chi connectivity index (χ0) is 14.9. The van der Waals surface area contributed by atoms with Gasteiger partial charge in [-0.05, 0) is 61.1 Å². The van der Waals surface area contributed by atoms with Gasteiger partial charge in [0.1, 0.15) is 0 Å². The molecule has 2 aromatic heterocycles. The number of thiophene rings is 2. The Morgan fingerprint density at radius 2 is 1.10 bits per heavy atom. The molecule has 0 aromatic carbocycles. The third-order valence-electron chi connectivity index (χ3n) is 3.47. The fraction of sp³-hybridized carbons (Fsp3) is 0.444. The van der Waals surface area contributed by atoms with Crippen molar-refractivity contribution >= 4 is 34.8 Å². The summed E-state index contributed by atoms with van der Waals surface area (Å²) in [5.41, 5.74) is 2.79. The van der Waals surface area contributed by atoms with Gasteiger partial charge in [0.25, 0.3) is 0 Å². The van der Waals surface area contributed by atoms with E-state index < -0.39 is 0 Å². The monoisotopic (exact) mass is 304 g/mol. The maximum atomic E-state index is 2.33. The highest BCUT2D eigenvalue weighted by Gasteiger charge is 2.08. The lowest BCUT2D eigenvalue weighted by atomic mass is 10.1. The zero-order valence-corrected chi connectivity index (χ0v) is 14.9. The summed E-state index contributed by atoms with van der Waals surface area (Å²) < 4.78 is 0. The lowest BCUT2D eigenvalue weighted by molar-refractivity contribution is 0.889. The first kappa shape index (κ1) is 15.5. The highest BCUT2D eigenvalue weighted by atomic mass is 32.1. The molecular weight excluding hydrogens is 280 g/mol. The second kappa shape index (κ2) is 6.28. The van der Waals surface area contributed by atoms with Crippen LogP contribution in [0.3, 0.4) is 0 Å². The van der Waals surface area contributed by atoms with Crippen molar-refractivity contribution in [2.24, 2.45) is 0 Å². The predicted octanol–water partition coefficient (Wildman–Crippen LogP) is 6.84. The molecule has 0 saturated heterocycles. The van der Waals surface area contributed by atoms with Crippen LogP contribution in [-0.4, -0.2) is 0 Å². The average Bonchev–Trinajstić information content (AvgIpc) is 2.91. The Balaban J connectivity index is 2.25. The molecule has 0 bridgehead atoms. The van der Waals surface area contributed by atoms with Crippen LogP contribution in [0, 0.1) is 13.8 Å². The van der Waals surface area contributed by atoms with Gasteiger partial charge in [-0.25, -0.2) is 0 Å². The summed E-state index contributed by atoms with van der Waals surface area (Å²) in [6.45, 7) is 13.5. The van der Waals surface area contributed by atoms with Gasteiger partial charge in [0.2, 0.25) is 0 Å². The minimum atomic E-state index is 0.622. The molecule has 2 aromatic rings. The molecular formula is C18H24S2. The summed E-state index contributed by atoms with van der Waals surface area (Å²) in [5.74, 6) is 1.24. The minimum absolute atomic E-state index is 0.622. The molecule has 20 heavy (non-hydrogen) atoms. The van der Waals surface area contributed by atoms with Gasteiger partial charge in [0.15, 0.2) is 0 Å². The average molecular weight is 305 g/mol. The molecule has 2 rings (SSSR count). The van der Waals surface area contributed by atoms with E-state index in [1.165, 1.54) is 30.6 Å². The molecule has 0 aliphatic heterocycles. The van der Waals surface area contributed by atoms with Crippen LogP contribution in [0.15, 0.2) is 12.1 Å². The van der Waals surface area contributed by atoms with Crippen LogP contribution in [0.1, 0.15) is 70.2 Å². The highest BCUT2D eigenvalue weighted by Crippen LogP contribution is 2.32. The number of aryl methyl sites for hydroxylation is 2. The molecule has 108 valence electrons. The molecule has 2 heterocycles. The van der Waals surface area contributed by atoms with Gasteiger partial charge in [-0.15, -0.1) is 22.7 Å². The van der Waals surface area contributed by atoms with Crippen molar-refractivity contribution in [2.75, 3.05) is 0 Å². The molecule has 0 N–H and O–H groups in total. The van der Waals surface area contributed by atoms with Gasteiger partial charge in [-0.1, -0.05) is 27.7 Å². The van der Waals surface area contributed by atoms with Crippen molar-refractivity contribution in [3.05, 3.63) is 42.8 Å². The van der Waals surface area contributed by atoms with Crippen LogP contribution in [0.4, 0.5) is 0 Å². The van der Waals surface area contributed by atoms with Crippen LogP contribution in [-0.2, 0) is 0 Å². The van der Waals surface area contributed by atoms with E-state index in [0.717, 1.165) is 0 Å². The highest BCUT2D eigenvalue weighted by molar-refractivity contribution is 7.14. The second-order valence-electron chi connectivity index (χ2n) is 6.03. The molecule has 0 aliphatic carbocycles. The molecule has 0 fully saturated rings. The molecule has 0 radical (unpaired) electrons. The Morgan fingerprint density at radius 3 is 1.35 bits per heavy atom. The van der Waals surface area contributed by atoms with Gasteiger partial charge in [0.05, 0.1) is 0 Å². The van der Waals surface area contributed by atoms with E-state index in [1.807, 2.05) is 22.7 Å². The summed E-state index contributed by atoms with van der Waals surface area (Å²) in [7, 11) is 0. The fourth-order valence-corrected chi connectivity index (χ4v) is 4.26. The maximum Gasteiger partial charge on any atom is 0.0303 e. The fourth-order valence-electron chi connectivity index (χ4n) is 2.09. The standard InChI is InChI=1S/C18H24S2/c1-11(2)17-9-13(5)15(19-17)7-8-16-14(6)10-18(20-16)12(3)4/h7-12H,1-6H3/b8-7+. The van der Waals surface area contributed by atoms with Crippen LogP contribution in [0.25, 0.3) is 12.2 Å². The molecule has 0 atom stereocenters. The summed E-state index contributed by atoms with van der Waals surface area (Å²) >= 11 is 3.85. The third-order valence-corrected chi connectivity index (χ3v) is 6.48. The largest absolute Gasteiger partial charge is 0.140 e. The van der Waals surface area contributed by atoms with E-state index in [2.05, 4.69) is 65.8 Å². The molecule has 2 heteroatoms. The van der Waals surface area contributed by atoms with Crippen LogP contribution < -0.4 is 0 Å². The van der Waals surface area contributed by atoms with Gasteiger partial charge < -0.3 is 0 Å². The van der Waals surface area contributed by atoms with Crippen molar-refractivity contribution in [1.29, 1.82) is 0 Å². The van der Waals surface area contributed by atoms with Gasteiger partial charge >= 0.3 is 0 Å². The lowest BCUT2D eigenvalue weighted by Crippen LogP contribution is -1.77. The van der Waals surface area contributed by atoms with Gasteiger partial charge in [-0.2, -0.15) is 0 Å². The molecule has 0 amide bonds. The Morgan fingerprint density at radius 1 is 0.750 bits per heavy atom. The van der Waals surface area contributed by atoms with E-state index in [1.54, 1.807) is 0 Å². The van der Waals surface area contributed by atoms with Crippen molar-refractivity contribution in [1.82, 2.24) is 0 Å². The first-order chi connectivity index (χ1) is 9.38. The minimum Gasteiger partial charge on any atom is -0.140 e. The van der Waals surface area contributed by atoms with Crippen molar-refractivity contribution in [3.63, 3.8) is 0 Å². The number of hydrogen-bond donors (Lipinski definition) is 0. The quantitative estimate of drug-likeness (QED) is 0.580. The third kappa shape index (κ3) is 3.42. The van der Waals surface area contributed by atoms with E-state index in [-0.39, 0.29) is 0 Å². The Kier molecular flexibility index (Phi) is 4.87. The van der Waals surface area contributed by atoms with Crippen molar-refractivity contribution in [3.8, 4) is 0 Å². The normalized spacial score (nSPS) is 12.2. The summed E-state index contributed by atoms with van der Waals surface area (Å²) in [6, 6.07) is 4.66. The first-order valence-electron chi connectivity index (χ1n) is 7.27. The summed E-state index contributed by atoms with van der Waals surface area (Å²) in [6.07, 6.45) is 4.57. The van der Waals surface area contributed by atoms with Crippen molar-refractivity contribution in [2.45, 2.75) is 53.4 Å². The topological polar surface area (TPSA) is 0 Å². The number of rotatable bonds is 4. The Labute approximate surface area is 131 Å². The molecule has 0 aliphatic rings. The maximum absolute atomic E-state index is 2.33. The molecule has 0 unspecified atom stereocenters. The van der Waals surface area contributed by atoms with Crippen LogP contribution >= 0.6 is 22.7 Å². The van der Waals surface area contributed by atoms with E-state index >= 15 is 0 Å². The van der Waals surface area contributed by atoms with Crippen LogP contribution in [0.5, 0.6) is 0 Å². The predicted molar refractivity (Wildman–Crippen MR) is 95.2 cm³/mol. The Bertz CT molecular complexity index is 555. The molecule has 0 saturated carbocycles. The summed E-state index contributed by atoms with van der Waals surface area (Å²) in [4.78, 5) is 5.75. The summed E-state index contributed by atoms with van der Waals surface area (Å²) in [5, 5.41) is 0.